The maximum atomic E-state index is 11.6. The number of hydrogen-bond acceptors (Lipinski definition) is 4. The Morgan fingerprint density at radius 2 is 1.69 bits per heavy atom. The first kappa shape index (κ1) is 19.8. The van der Waals surface area contributed by atoms with Gasteiger partial charge in [0.25, 0.3) is 0 Å². The molecule has 0 spiro atoms. The molecule has 0 unspecified atom stereocenters. The van der Waals surface area contributed by atoms with Gasteiger partial charge in [-0.15, -0.1) is 0 Å². The Morgan fingerprint density at radius 1 is 1.04 bits per heavy atom. The Morgan fingerprint density at radius 3 is 2.31 bits per heavy atom. The number of carbonyl (C=O) groups excluding carboxylic acids is 1. The summed E-state index contributed by atoms with van der Waals surface area (Å²) in [7, 11) is 6.85. The van der Waals surface area contributed by atoms with Gasteiger partial charge < -0.3 is 19.7 Å². The third-order valence-electron chi connectivity index (χ3n) is 4.25. The van der Waals surface area contributed by atoms with Gasteiger partial charge in [0, 0.05) is 27.1 Å². The number of amides is 1. The van der Waals surface area contributed by atoms with E-state index in [9.17, 15) is 4.79 Å². The van der Waals surface area contributed by atoms with Gasteiger partial charge in [0.2, 0.25) is 5.91 Å². The summed E-state index contributed by atoms with van der Waals surface area (Å²) in [6.07, 6.45) is 1.36. The molecule has 26 heavy (non-hydrogen) atoms. The van der Waals surface area contributed by atoms with Crippen molar-refractivity contribution in [2.45, 2.75) is 19.4 Å². The van der Waals surface area contributed by atoms with Gasteiger partial charge in [-0.2, -0.15) is 0 Å². The van der Waals surface area contributed by atoms with Gasteiger partial charge in [-0.3, -0.25) is 4.79 Å². The fraction of sp³-hybridized carbons (Fsp3) is 0.381. The van der Waals surface area contributed by atoms with Crippen LogP contribution in [0.2, 0.25) is 0 Å². The van der Waals surface area contributed by atoms with E-state index in [4.69, 9.17) is 9.47 Å². The lowest BCUT2D eigenvalue weighted by atomic mass is 9.98. The number of nitrogens with one attached hydrogen (secondary N) is 1. The van der Waals surface area contributed by atoms with Gasteiger partial charge in [0.1, 0.15) is 0 Å². The molecule has 0 atom stereocenters. The van der Waals surface area contributed by atoms with Gasteiger partial charge in [0.15, 0.2) is 11.5 Å². The second-order valence-corrected chi connectivity index (χ2v) is 6.30. The zero-order chi connectivity index (χ0) is 18.9. The topological polar surface area (TPSA) is 50.8 Å². The van der Waals surface area contributed by atoms with Crippen molar-refractivity contribution < 1.29 is 14.3 Å². The highest BCUT2D eigenvalue weighted by molar-refractivity contribution is 5.75. The molecule has 140 valence electrons. The van der Waals surface area contributed by atoms with Gasteiger partial charge in [-0.1, -0.05) is 30.3 Å². The van der Waals surface area contributed by atoms with Crippen LogP contribution in [0.5, 0.6) is 11.5 Å². The number of benzene rings is 2. The van der Waals surface area contributed by atoms with Crippen molar-refractivity contribution in [1.29, 1.82) is 0 Å². The molecular formula is C21H28N2O3. The number of carbonyl (C=O) groups is 1. The Labute approximate surface area is 155 Å². The van der Waals surface area contributed by atoms with Crippen molar-refractivity contribution in [3.8, 4) is 22.6 Å². The molecule has 2 aromatic rings. The molecule has 0 fully saturated rings. The summed E-state index contributed by atoms with van der Waals surface area (Å²) in [6.45, 7) is 1.48. The quantitative estimate of drug-likeness (QED) is 0.700. The highest BCUT2D eigenvalue weighted by Gasteiger charge is 2.12. The lowest BCUT2D eigenvalue weighted by molar-refractivity contribution is -0.128. The highest BCUT2D eigenvalue weighted by Crippen LogP contribution is 2.35. The van der Waals surface area contributed by atoms with Crippen LogP contribution in [0.1, 0.15) is 18.4 Å². The van der Waals surface area contributed by atoms with Gasteiger partial charge in [-0.25, -0.2) is 0 Å². The van der Waals surface area contributed by atoms with E-state index >= 15 is 0 Å². The molecule has 0 bridgehead atoms. The van der Waals surface area contributed by atoms with Crippen LogP contribution in [0.15, 0.2) is 42.5 Å². The van der Waals surface area contributed by atoms with Crippen LogP contribution < -0.4 is 14.8 Å². The summed E-state index contributed by atoms with van der Waals surface area (Å²) in [4.78, 5) is 13.3. The van der Waals surface area contributed by atoms with Crippen molar-refractivity contribution in [2.24, 2.45) is 0 Å². The molecule has 2 rings (SSSR count). The van der Waals surface area contributed by atoms with Crippen LogP contribution in [-0.4, -0.2) is 45.7 Å². The summed E-state index contributed by atoms with van der Waals surface area (Å²) in [5.41, 5.74) is 3.38. The summed E-state index contributed by atoms with van der Waals surface area (Å²) >= 11 is 0. The van der Waals surface area contributed by atoms with Crippen LogP contribution in [0.4, 0.5) is 0 Å². The fourth-order valence-corrected chi connectivity index (χ4v) is 2.77. The molecule has 1 N–H and O–H groups in total. The molecular weight excluding hydrogens is 328 g/mol. The van der Waals surface area contributed by atoms with Gasteiger partial charge >= 0.3 is 0 Å². The molecule has 0 aromatic heterocycles. The Hall–Kier alpha value is -2.53. The third kappa shape index (κ3) is 5.23. The van der Waals surface area contributed by atoms with E-state index in [1.54, 1.807) is 33.2 Å². The summed E-state index contributed by atoms with van der Waals surface area (Å²) in [5, 5.41) is 3.43. The van der Waals surface area contributed by atoms with Crippen molar-refractivity contribution in [2.75, 3.05) is 34.9 Å². The van der Waals surface area contributed by atoms with E-state index in [0.29, 0.717) is 24.5 Å². The monoisotopic (exact) mass is 356 g/mol. The smallest absolute Gasteiger partial charge is 0.222 e. The van der Waals surface area contributed by atoms with E-state index in [2.05, 4.69) is 17.4 Å². The first-order chi connectivity index (χ1) is 12.6. The third-order valence-corrected chi connectivity index (χ3v) is 4.25. The number of rotatable bonds is 9. The molecule has 5 heteroatoms. The molecule has 0 radical (unpaired) electrons. The molecule has 5 nitrogen and oxygen atoms in total. The minimum atomic E-state index is 0.155. The summed E-state index contributed by atoms with van der Waals surface area (Å²) < 4.78 is 10.9. The van der Waals surface area contributed by atoms with E-state index in [1.807, 2.05) is 30.3 Å². The predicted octanol–water partition coefficient (Wildman–Crippen LogP) is 3.33. The van der Waals surface area contributed by atoms with E-state index in [0.717, 1.165) is 29.7 Å². The molecule has 1 amide bonds. The Bertz CT molecular complexity index is 715. The van der Waals surface area contributed by atoms with E-state index in [-0.39, 0.29) is 5.91 Å². The normalized spacial score (nSPS) is 10.5. The zero-order valence-electron chi connectivity index (χ0n) is 16.0. The van der Waals surface area contributed by atoms with Crippen LogP contribution in [0.25, 0.3) is 11.1 Å². The average molecular weight is 356 g/mol. The predicted molar refractivity (Wildman–Crippen MR) is 105 cm³/mol. The zero-order valence-corrected chi connectivity index (χ0v) is 16.0. The van der Waals surface area contributed by atoms with E-state index in [1.165, 1.54) is 0 Å². The largest absolute Gasteiger partial charge is 0.493 e. The van der Waals surface area contributed by atoms with Crippen molar-refractivity contribution >= 4 is 5.91 Å². The van der Waals surface area contributed by atoms with Crippen LogP contribution in [-0.2, 0) is 11.3 Å². The van der Waals surface area contributed by atoms with Crippen molar-refractivity contribution in [3.63, 3.8) is 0 Å². The van der Waals surface area contributed by atoms with Crippen LogP contribution >= 0.6 is 0 Å². The molecule has 0 aliphatic carbocycles. The Kier molecular flexibility index (Phi) is 7.48. The van der Waals surface area contributed by atoms with Crippen LogP contribution in [0, 0.1) is 0 Å². The standard InChI is InChI=1S/C21H28N2O3/c1-23(2)21(24)11-8-12-22-15-17-13-19(25-3)20(26-4)14-18(17)16-9-6-5-7-10-16/h5-7,9-10,13-14,22H,8,11-12,15H2,1-4H3. The van der Waals surface area contributed by atoms with E-state index < -0.39 is 0 Å². The summed E-state index contributed by atoms with van der Waals surface area (Å²) in [5.74, 6) is 1.58. The molecule has 0 aliphatic rings. The first-order valence-corrected chi connectivity index (χ1v) is 8.78. The molecule has 2 aromatic carbocycles. The number of hydrogen-bond donors (Lipinski definition) is 1. The molecule has 0 saturated carbocycles. The van der Waals surface area contributed by atoms with Crippen molar-refractivity contribution in [3.05, 3.63) is 48.0 Å². The number of nitrogens with zero attached hydrogens (tertiary/aromatic N) is 1. The Balaban J connectivity index is 2.11. The lowest BCUT2D eigenvalue weighted by Crippen LogP contribution is -2.23. The maximum absolute atomic E-state index is 11.6. The van der Waals surface area contributed by atoms with Crippen molar-refractivity contribution in [1.82, 2.24) is 10.2 Å². The average Bonchev–Trinajstić information content (AvgIpc) is 2.67. The minimum absolute atomic E-state index is 0.155. The fourth-order valence-electron chi connectivity index (χ4n) is 2.77. The lowest BCUT2D eigenvalue weighted by Gasteiger charge is -2.16. The molecule has 0 aliphatic heterocycles. The van der Waals surface area contributed by atoms with Crippen LogP contribution in [0.3, 0.4) is 0 Å². The maximum Gasteiger partial charge on any atom is 0.222 e. The highest BCUT2D eigenvalue weighted by atomic mass is 16.5. The first-order valence-electron chi connectivity index (χ1n) is 8.78. The minimum Gasteiger partial charge on any atom is -0.493 e. The number of methoxy groups -OCH3 is 2. The number of ether oxygens (including phenoxy) is 2. The second kappa shape index (κ2) is 9.82. The molecule has 0 heterocycles. The molecule has 0 saturated heterocycles. The van der Waals surface area contributed by atoms with Gasteiger partial charge in [0.05, 0.1) is 14.2 Å². The summed E-state index contributed by atoms with van der Waals surface area (Å²) in [6, 6.07) is 14.2. The van der Waals surface area contributed by atoms with Gasteiger partial charge in [-0.05, 0) is 41.8 Å². The second-order valence-electron chi connectivity index (χ2n) is 6.30. The SMILES string of the molecule is COc1cc(CNCCCC(=O)N(C)C)c(-c2ccccc2)cc1OC.